The third-order valence-electron chi connectivity index (χ3n) is 2.59. The maximum absolute atomic E-state index is 12.7. The number of halogens is 1. The second-order valence-electron chi connectivity index (χ2n) is 4.17. The summed E-state index contributed by atoms with van der Waals surface area (Å²) in [6, 6.07) is 9.06. The lowest BCUT2D eigenvalue weighted by Crippen LogP contribution is -2.05. The fraction of sp³-hybridized carbons (Fsp3) is 0.143. The van der Waals surface area contributed by atoms with Crippen LogP contribution in [0.15, 0.2) is 36.4 Å². The van der Waals surface area contributed by atoms with E-state index in [0.717, 1.165) is 5.56 Å². The number of carboxylic acid groups (broad SMARTS) is 1. The first kappa shape index (κ1) is 13.0. The Kier molecular flexibility index (Phi) is 3.75. The van der Waals surface area contributed by atoms with Gasteiger partial charge in [0.05, 0.1) is 5.56 Å². The first-order valence-corrected chi connectivity index (χ1v) is 5.75. The predicted octanol–water partition coefficient (Wildman–Crippen LogP) is 2.84. The lowest BCUT2D eigenvalue weighted by atomic mass is 10.2. The Balaban J connectivity index is 2.11. The van der Waals surface area contributed by atoms with Gasteiger partial charge in [0.15, 0.2) is 0 Å². The van der Waals surface area contributed by atoms with Gasteiger partial charge in [-0.2, -0.15) is 0 Å². The summed E-state index contributed by atoms with van der Waals surface area (Å²) in [6.45, 7) is 2.19. The van der Waals surface area contributed by atoms with Crippen LogP contribution in [0.25, 0.3) is 0 Å². The number of nitrogens with zero attached hydrogens (tertiary/aromatic N) is 1. The van der Waals surface area contributed by atoms with Gasteiger partial charge in [-0.15, -0.1) is 0 Å². The van der Waals surface area contributed by atoms with Crippen molar-refractivity contribution < 1.29 is 14.3 Å². The number of aromatic carboxylic acids is 1. The number of carbonyl (C=O) groups is 1. The zero-order chi connectivity index (χ0) is 13.8. The molecule has 5 heteroatoms. The molecule has 0 unspecified atom stereocenters. The number of hydrogen-bond donors (Lipinski definition) is 2. The summed E-state index contributed by atoms with van der Waals surface area (Å²) in [5.41, 5.74) is 1.71. The van der Waals surface area contributed by atoms with Gasteiger partial charge in [0.25, 0.3) is 0 Å². The van der Waals surface area contributed by atoms with Crippen molar-refractivity contribution in [1.29, 1.82) is 0 Å². The van der Waals surface area contributed by atoms with E-state index in [1.54, 1.807) is 19.1 Å². The summed E-state index contributed by atoms with van der Waals surface area (Å²) in [5, 5.41) is 12.0. The van der Waals surface area contributed by atoms with Crippen molar-refractivity contribution in [3.8, 4) is 0 Å². The Hall–Kier alpha value is -2.43. The maximum atomic E-state index is 12.7. The highest BCUT2D eigenvalue weighted by atomic mass is 19.1. The molecule has 2 rings (SSSR count). The van der Waals surface area contributed by atoms with Gasteiger partial charge in [0.1, 0.15) is 11.6 Å². The SMILES string of the molecule is Cc1cc(C(=O)O)cc(NCc2ccc(F)cc2)n1. The minimum absolute atomic E-state index is 0.189. The Bertz CT molecular complexity index is 597. The van der Waals surface area contributed by atoms with E-state index in [2.05, 4.69) is 10.3 Å². The van der Waals surface area contributed by atoms with Crippen molar-refractivity contribution in [2.45, 2.75) is 13.5 Å². The number of nitrogens with one attached hydrogen (secondary N) is 1. The molecule has 0 saturated carbocycles. The molecule has 0 aliphatic heterocycles. The molecule has 0 saturated heterocycles. The smallest absolute Gasteiger partial charge is 0.335 e. The molecule has 19 heavy (non-hydrogen) atoms. The van der Waals surface area contributed by atoms with Gasteiger partial charge in [-0.1, -0.05) is 12.1 Å². The predicted molar refractivity (Wildman–Crippen MR) is 69.7 cm³/mol. The highest BCUT2D eigenvalue weighted by Gasteiger charge is 2.06. The molecule has 4 nitrogen and oxygen atoms in total. The highest BCUT2D eigenvalue weighted by molar-refractivity contribution is 5.88. The van der Waals surface area contributed by atoms with Crippen molar-refractivity contribution in [2.75, 3.05) is 5.32 Å². The minimum Gasteiger partial charge on any atom is -0.478 e. The number of aromatic nitrogens is 1. The van der Waals surface area contributed by atoms with Crippen molar-refractivity contribution >= 4 is 11.8 Å². The number of aryl methyl sites for hydroxylation is 1. The highest BCUT2D eigenvalue weighted by Crippen LogP contribution is 2.12. The summed E-state index contributed by atoms with van der Waals surface area (Å²) in [7, 11) is 0. The maximum Gasteiger partial charge on any atom is 0.335 e. The Labute approximate surface area is 109 Å². The Morgan fingerprint density at radius 3 is 2.63 bits per heavy atom. The molecule has 1 aromatic heterocycles. The minimum atomic E-state index is -0.990. The third-order valence-corrected chi connectivity index (χ3v) is 2.59. The summed E-state index contributed by atoms with van der Waals surface area (Å²) in [4.78, 5) is 15.1. The van der Waals surface area contributed by atoms with Crippen molar-refractivity contribution in [2.24, 2.45) is 0 Å². The van der Waals surface area contributed by atoms with Gasteiger partial charge in [0, 0.05) is 12.2 Å². The van der Waals surface area contributed by atoms with Gasteiger partial charge in [0.2, 0.25) is 0 Å². The molecule has 2 aromatic rings. The average molecular weight is 260 g/mol. The average Bonchev–Trinajstić information content (AvgIpc) is 2.37. The van der Waals surface area contributed by atoms with E-state index in [1.165, 1.54) is 24.3 Å². The number of pyridine rings is 1. The molecule has 1 heterocycles. The van der Waals surface area contributed by atoms with E-state index < -0.39 is 5.97 Å². The van der Waals surface area contributed by atoms with E-state index >= 15 is 0 Å². The zero-order valence-corrected chi connectivity index (χ0v) is 10.4. The second kappa shape index (κ2) is 5.48. The molecule has 0 atom stereocenters. The molecule has 0 bridgehead atoms. The van der Waals surface area contributed by atoms with Gasteiger partial charge in [-0.25, -0.2) is 14.2 Å². The molecule has 0 aliphatic carbocycles. The zero-order valence-electron chi connectivity index (χ0n) is 10.4. The summed E-state index contributed by atoms with van der Waals surface area (Å²) >= 11 is 0. The topological polar surface area (TPSA) is 62.2 Å². The van der Waals surface area contributed by atoms with Crippen LogP contribution in [0.4, 0.5) is 10.2 Å². The molecule has 0 radical (unpaired) electrons. The molecular weight excluding hydrogens is 247 g/mol. The van der Waals surface area contributed by atoms with Gasteiger partial charge in [-0.05, 0) is 36.8 Å². The fourth-order valence-electron chi connectivity index (χ4n) is 1.68. The molecule has 0 aliphatic rings. The van der Waals surface area contributed by atoms with Crippen LogP contribution in [-0.2, 0) is 6.54 Å². The van der Waals surface area contributed by atoms with Crippen molar-refractivity contribution in [1.82, 2.24) is 4.98 Å². The Morgan fingerprint density at radius 2 is 2.00 bits per heavy atom. The van der Waals surface area contributed by atoms with Crippen LogP contribution in [0, 0.1) is 12.7 Å². The van der Waals surface area contributed by atoms with Gasteiger partial charge >= 0.3 is 5.97 Å². The van der Waals surface area contributed by atoms with Crippen LogP contribution in [0.1, 0.15) is 21.6 Å². The van der Waals surface area contributed by atoms with Crippen LogP contribution >= 0.6 is 0 Å². The van der Waals surface area contributed by atoms with Crippen LogP contribution in [0.5, 0.6) is 0 Å². The van der Waals surface area contributed by atoms with Crippen LogP contribution in [0.2, 0.25) is 0 Å². The van der Waals surface area contributed by atoms with E-state index in [1.807, 2.05) is 0 Å². The fourth-order valence-corrected chi connectivity index (χ4v) is 1.68. The molecule has 0 spiro atoms. The number of carboxylic acids is 1. The van der Waals surface area contributed by atoms with E-state index in [4.69, 9.17) is 5.11 Å². The molecule has 0 amide bonds. The third kappa shape index (κ3) is 3.51. The van der Waals surface area contributed by atoms with Crippen LogP contribution in [0.3, 0.4) is 0 Å². The number of hydrogen-bond acceptors (Lipinski definition) is 3. The lowest BCUT2D eigenvalue weighted by molar-refractivity contribution is 0.0696. The first-order chi connectivity index (χ1) is 9.04. The molecule has 2 N–H and O–H groups in total. The van der Waals surface area contributed by atoms with Gasteiger partial charge < -0.3 is 10.4 Å². The van der Waals surface area contributed by atoms with E-state index in [9.17, 15) is 9.18 Å². The lowest BCUT2D eigenvalue weighted by Gasteiger charge is -2.07. The van der Waals surface area contributed by atoms with Gasteiger partial charge in [-0.3, -0.25) is 0 Å². The standard InChI is InChI=1S/C14H13FN2O2/c1-9-6-11(14(18)19)7-13(17-9)16-8-10-2-4-12(15)5-3-10/h2-7H,8H2,1H3,(H,16,17)(H,18,19). The largest absolute Gasteiger partial charge is 0.478 e. The molecular formula is C14H13FN2O2. The monoisotopic (exact) mass is 260 g/mol. The van der Waals surface area contributed by atoms with E-state index in [0.29, 0.717) is 18.1 Å². The van der Waals surface area contributed by atoms with Crippen LogP contribution in [-0.4, -0.2) is 16.1 Å². The van der Waals surface area contributed by atoms with Crippen molar-refractivity contribution in [3.05, 3.63) is 59.0 Å². The number of benzene rings is 1. The number of rotatable bonds is 4. The quantitative estimate of drug-likeness (QED) is 0.887. The van der Waals surface area contributed by atoms with E-state index in [-0.39, 0.29) is 11.4 Å². The summed E-state index contributed by atoms with van der Waals surface area (Å²) < 4.78 is 12.7. The first-order valence-electron chi connectivity index (χ1n) is 5.75. The van der Waals surface area contributed by atoms with Crippen LogP contribution < -0.4 is 5.32 Å². The summed E-state index contributed by atoms with van der Waals surface area (Å²) in [6.07, 6.45) is 0. The number of anilines is 1. The van der Waals surface area contributed by atoms with Crippen molar-refractivity contribution in [3.63, 3.8) is 0 Å². The summed E-state index contributed by atoms with van der Waals surface area (Å²) in [5.74, 6) is -0.789. The normalized spacial score (nSPS) is 10.2. The molecule has 1 aromatic carbocycles. The Morgan fingerprint density at radius 1 is 1.32 bits per heavy atom. The second-order valence-corrected chi connectivity index (χ2v) is 4.17. The molecule has 98 valence electrons. The molecule has 0 fully saturated rings.